The van der Waals surface area contributed by atoms with Gasteiger partial charge in [-0.15, -0.1) is 0 Å². The van der Waals surface area contributed by atoms with Gasteiger partial charge in [-0.1, -0.05) is 12.1 Å². The highest BCUT2D eigenvalue weighted by atomic mass is 16.6. The van der Waals surface area contributed by atoms with E-state index in [-0.39, 0.29) is 23.2 Å². The molecule has 2 aromatic carbocycles. The van der Waals surface area contributed by atoms with Crippen LogP contribution in [0.1, 0.15) is 41.7 Å². The third kappa shape index (κ3) is 5.90. The Hall–Kier alpha value is -3.22. The fraction of sp³-hybridized carbons (Fsp3) is 0.333. The Balaban J connectivity index is 0.000000283. The highest BCUT2D eigenvalue weighted by Gasteiger charge is 2.17. The summed E-state index contributed by atoms with van der Waals surface area (Å²) in [6.07, 6.45) is 0. The summed E-state index contributed by atoms with van der Waals surface area (Å²) in [6, 6.07) is 7.03. The zero-order valence-electron chi connectivity index (χ0n) is 17.4. The fourth-order valence-electron chi connectivity index (χ4n) is 2.57. The number of nitro benzene ring substituents is 1. The van der Waals surface area contributed by atoms with E-state index in [0.29, 0.717) is 0 Å². The minimum Gasteiger partial charge on any atom is -0.326 e. The number of carbonyl (C=O) groups is 2. The number of anilines is 2. The summed E-state index contributed by atoms with van der Waals surface area (Å²) in [5.74, 6) is -0.335. The Morgan fingerprint density at radius 3 is 1.79 bits per heavy atom. The van der Waals surface area contributed by atoms with Gasteiger partial charge < -0.3 is 10.6 Å². The van der Waals surface area contributed by atoms with Crippen LogP contribution in [0.25, 0.3) is 0 Å². The van der Waals surface area contributed by atoms with Crippen molar-refractivity contribution >= 4 is 28.9 Å². The lowest BCUT2D eigenvalue weighted by Gasteiger charge is -2.10. The van der Waals surface area contributed by atoms with E-state index in [2.05, 4.69) is 24.5 Å². The minimum absolute atomic E-state index is 0.0219. The molecule has 28 heavy (non-hydrogen) atoms. The Bertz CT molecular complexity index is 920. The second-order valence-electron chi connectivity index (χ2n) is 6.70. The van der Waals surface area contributed by atoms with Crippen LogP contribution in [0.15, 0.2) is 24.3 Å². The lowest BCUT2D eigenvalue weighted by atomic mass is 10.0. The van der Waals surface area contributed by atoms with Crippen molar-refractivity contribution in [2.75, 3.05) is 10.6 Å². The summed E-state index contributed by atoms with van der Waals surface area (Å²) in [7, 11) is 0. The highest BCUT2D eigenvalue weighted by molar-refractivity contribution is 5.92. The molecule has 150 valence electrons. The van der Waals surface area contributed by atoms with Crippen LogP contribution in [-0.4, -0.2) is 16.7 Å². The van der Waals surface area contributed by atoms with E-state index in [9.17, 15) is 19.7 Å². The van der Waals surface area contributed by atoms with E-state index in [4.69, 9.17) is 0 Å². The molecule has 0 heterocycles. The number of hydrogen-bond donors (Lipinski definition) is 2. The van der Waals surface area contributed by atoms with Crippen LogP contribution in [0, 0.1) is 44.7 Å². The van der Waals surface area contributed by atoms with Crippen LogP contribution in [0.2, 0.25) is 0 Å². The number of hydrogen-bond acceptors (Lipinski definition) is 4. The van der Waals surface area contributed by atoms with E-state index in [1.807, 2.05) is 26.0 Å². The number of benzene rings is 2. The molecule has 0 aliphatic rings. The van der Waals surface area contributed by atoms with E-state index < -0.39 is 4.92 Å². The third-order valence-corrected chi connectivity index (χ3v) is 4.58. The molecule has 2 aromatic rings. The number of rotatable bonds is 3. The second-order valence-corrected chi connectivity index (χ2v) is 6.70. The largest absolute Gasteiger partial charge is 0.326 e. The first-order valence-electron chi connectivity index (χ1n) is 8.82. The Morgan fingerprint density at radius 1 is 0.786 bits per heavy atom. The highest BCUT2D eigenvalue weighted by Crippen LogP contribution is 2.30. The zero-order chi connectivity index (χ0) is 21.6. The molecule has 0 spiro atoms. The number of nitrogens with one attached hydrogen (secondary N) is 2. The Morgan fingerprint density at radius 2 is 1.29 bits per heavy atom. The first-order chi connectivity index (χ1) is 13.0. The molecule has 0 radical (unpaired) electrons. The van der Waals surface area contributed by atoms with Gasteiger partial charge in [0.25, 0.3) is 5.69 Å². The molecule has 0 bridgehead atoms. The van der Waals surface area contributed by atoms with Gasteiger partial charge in [0.1, 0.15) is 5.69 Å². The predicted molar refractivity (Wildman–Crippen MR) is 112 cm³/mol. The molecule has 0 aliphatic carbocycles. The maximum absolute atomic E-state index is 10.9. The van der Waals surface area contributed by atoms with Crippen molar-refractivity contribution in [3.8, 4) is 0 Å². The Labute approximate surface area is 165 Å². The van der Waals surface area contributed by atoms with Gasteiger partial charge in [-0.05, 0) is 68.5 Å². The average Bonchev–Trinajstić information content (AvgIpc) is 2.59. The van der Waals surface area contributed by atoms with Crippen molar-refractivity contribution in [2.24, 2.45) is 0 Å². The van der Waals surface area contributed by atoms with Crippen LogP contribution >= 0.6 is 0 Å². The number of amides is 2. The quantitative estimate of drug-likeness (QED) is 0.588. The molecule has 0 aliphatic heterocycles. The van der Waals surface area contributed by atoms with Gasteiger partial charge in [0.2, 0.25) is 11.8 Å². The zero-order valence-corrected chi connectivity index (χ0v) is 17.4. The Kier molecular flexibility index (Phi) is 7.86. The van der Waals surface area contributed by atoms with Gasteiger partial charge in [-0.2, -0.15) is 0 Å². The van der Waals surface area contributed by atoms with Crippen molar-refractivity contribution in [3.05, 3.63) is 62.2 Å². The number of carbonyl (C=O) groups excluding carboxylic acids is 2. The van der Waals surface area contributed by atoms with Crippen molar-refractivity contribution in [1.29, 1.82) is 0 Å². The first kappa shape index (κ1) is 22.8. The lowest BCUT2D eigenvalue weighted by molar-refractivity contribution is -0.384. The number of nitro groups is 1. The van der Waals surface area contributed by atoms with Gasteiger partial charge >= 0.3 is 0 Å². The summed E-state index contributed by atoms with van der Waals surface area (Å²) in [5, 5.41) is 16.0. The van der Waals surface area contributed by atoms with Gasteiger partial charge in [-0.25, -0.2) is 0 Å². The van der Waals surface area contributed by atoms with Gasteiger partial charge in [0.15, 0.2) is 0 Å². The van der Waals surface area contributed by atoms with Crippen LogP contribution < -0.4 is 10.6 Å². The summed E-state index contributed by atoms with van der Waals surface area (Å²) in [5.41, 5.74) is 6.40. The van der Waals surface area contributed by atoms with E-state index in [0.717, 1.165) is 22.4 Å². The summed E-state index contributed by atoms with van der Waals surface area (Å²) in [6.45, 7) is 12.6. The maximum Gasteiger partial charge on any atom is 0.293 e. The van der Waals surface area contributed by atoms with E-state index in [1.54, 1.807) is 13.0 Å². The summed E-state index contributed by atoms with van der Waals surface area (Å²) in [4.78, 5) is 32.0. The lowest BCUT2D eigenvalue weighted by Crippen LogP contribution is -2.10. The standard InChI is InChI=1S/C11H15NO.C10H12N2O3/c1-7-5-6-11(12-10(4)13)9(3)8(7)2;1-6-4-5-9(12(14)15)10(7(6)2)11-8(3)13/h5-6H,1-4H3,(H,12,13);4-5H,1-3H3,(H,11,13). The van der Waals surface area contributed by atoms with Crippen molar-refractivity contribution < 1.29 is 14.5 Å². The minimum atomic E-state index is -0.502. The van der Waals surface area contributed by atoms with Crippen molar-refractivity contribution in [2.45, 2.75) is 48.5 Å². The van der Waals surface area contributed by atoms with E-state index >= 15 is 0 Å². The van der Waals surface area contributed by atoms with Gasteiger partial charge in [0, 0.05) is 25.6 Å². The molecule has 2 N–H and O–H groups in total. The number of aryl methyl sites for hydroxylation is 2. The molecule has 7 heteroatoms. The van der Waals surface area contributed by atoms with Gasteiger partial charge in [-0.3, -0.25) is 19.7 Å². The van der Waals surface area contributed by atoms with E-state index in [1.165, 1.54) is 31.0 Å². The molecule has 7 nitrogen and oxygen atoms in total. The SMILES string of the molecule is CC(=O)Nc1c([N+](=O)[O-])ccc(C)c1C.CC(=O)Nc1ccc(C)c(C)c1C. The normalized spacial score (nSPS) is 9.82. The number of nitrogens with zero attached hydrogens (tertiary/aromatic N) is 1. The predicted octanol–water partition coefficient (Wildman–Crippen LogP) is 4.74. The average molecular weight is 385 g/mol. The topological polar surface area (TPSA) is 101 Å². The molecule has 0 unspecified atom stereocenters. The maximum atomic E-state index is 10.9. The monoisotopic (exact) mass is 385 g/mol. The molecule has 2 rings (SSSR count). The molecule has 0 saturated heterocycles. The van der Waals surface area contributed by atoms with Crippen LogP contribution in [0.3, 0.4) is 0 Å². The van der Waals surface area contributed by atoms with Crippen molar-refractivity contribution in [3.63, 3.8) is 0 Å². The smallest absolute Gasteiger partial charge is 0.293 e. The third-order valence-electron chi connectivity index (χ3n) is 4.58. The molecular weight excluding hydrogens is 358 g/mol. The molecule has 2 amide bonds. The second kappa shape index (κ2) is 9.64. The van der Waals surface area contributed by atoms with Crippen LogP contribution in [0.5, 0.6) is 0 Å². The van der Waals surface area contributed by atoms with Crippen molar-refractivity contribution in [1.82, 2.24) is 0 Å². The molecule has 0 aromatic heterocycles. The van der Waals surface area contributed by atoms with Crippen LogP contribution in [-0.2, 0) is 9.59 Å². The molecule has 0 atom stereocenters. The van der Waals surface area contributed by atoms with Crippen LogP contribution in [0.4, 0.5) is 17.1 Å². The first-order valence-corrected chi connectivity index (χ1v) is 8.82. The molecule has 0 fully saturated rings. The van der Waals surface area contributed by atoms with Gasteiger partial charge in [0.05, 0.1) is 4.92 Å². The summed E-state index contributed by atoms with van der Waals surface area (Å²) < 4.78 is 0. The fourth-order valence-corrected chi connectivity index (χ4v) is 2.57. The summed E-state index contributed by atoms with van der Waals surface area (Å²) >= 11 is 0. The molecule has 0 saturated carbocycles. The molecular formula is C21H27N3O4.